The molecule has 0 aliphatic carbocycles. The zero-order chi connectivity index (χ0) is 28.0. The minimum atomic E-state index is -4.66. The maximum Gasteiger partial charge on any atom is 0.417 e. The van der Waals surface area contributed by atoms with E-state index in [1.807, 2.05) is 55.5 Å². The number of piperidine rings is 1. The summed E-state index contributed by atoms with van der Waals surface area (Å²) in [6, 6.07) is 16.9. The van der Waals surface area contributed by atoms with Crippen molar-refractivity contribution in [3.63, 3.8) is 0 Å². The molecule has 8 heteroatoms. The van der Waals surface area contributed by atoms with Gasteiger partial charge in [0.25, 0.3) is 0 Å². The lowest BCUT2D eigenvalue weighted by molar-refractivity contribution is -0.145. The predicted octanol–water partition coefficient (Wildman–Crippen LogP) is 7.64. The normalized spacial score (nSPS) is 16.5. The molecule has 0 unspecified atom stereocenters. The monoisotopic (exact) mass is 541 g/mol. The van der Waals surface area contributed by atoms with Crippen molar-refractivity contribution >= 4 is 18.1 Å². The predicted molar refractivity (Wildman–Crippen MR) is 144 cm³/mol. The molecule has 39 heavy (non-hydrogen) atoms. The second-order valence-corrected chi connectivity index (χ2v) is 9.62. The third kappa shape index (κ3) is 6.87. The van der Waals surface area contributed by atoms with Gasteiger partial charge in [-0.3, -0.25) is 9.69 Å². The van der Waals surface area contributed by atoms with Gasteiger partial charge in [-0.25, -0.2) is 4.39 Å². The number of carbonyl (C=O) groups is 1. The summed E-state index contributed by atoms with van der Waals surface area (Å²) in [6.07, 6.45) is 0.273. The van der Waals surface area contributed by atoms with Crippen LogP contribution in [0.1, 0.15) is 47.1 Å². The van der Waals surface area contributed by atoms with E-state index < -0.39 is 30.4 Å². The first-order valence-corrected chi connectivity index (χ1v) is 12.9. The van der Waals surface area contributed by atoms with Crippen molar-refractivity contribution in [3.8, 4) is 16.9 Å². The summed E-state index contributed by atoms with van der Waals surface area (Å²) in [5, 5.41) is 9.61. The highest BCUT2D eigenvalue weighted by molar-refractivity contribution is 5.78. The number of carboxylic acid groups (broad SMARTS) is 1. The van der Waals surface area contributed by atoms with Crippen molar-refractivity contribution in [1.29, 1.82) is 0 Å². The molecule has 1 heterocycles. The first-order chi connectivity index (χ1) is 18.7. The molecule has 0 spiro atoms. The van der Waals surface area contributed by atoms with E-state index in [0.29, 0.717) is 13.0 Å². The molecule has 3 aromatic rings. The Morgan fingerprint density at radius 1 is 1.05 bits per heavy atom. The lowest BCUT2D eigenvalue weighted by Crippen LogP contribution is -2.44. The molecule has 206 valence electrons. The first kappa shape index (κ1) is 28.4. The first-order valence-electron chi connectivity index (χ1n) is 12.9. The number of carboxylic acids is 1. The molecule has 0 radical (unpaired) electrons. The van der Waals surface area contributed by atoms with Gasteiger partial charge in [-0.15, -0.1) is 0 Å². The van der Waals surface area contributed by atoms with E-state index in [1.165, 1.54) is 12.1 Å². The third-order valence-corrected chi connectivity index (χ3v) is 7.05. The number of hydrogen-bond acceptors (Lipinski definition) is 3. The van der Waals surface area contributed by atoms with Crippen molar-refractivity contribution in [3.05, 3.63) is 88.5 Å². The Bertz CT molecular complexity index is 1320. The van der Waals surface area contributed by atoms with Gasteiger partial charge in [0, 0.05) is 12.1 Å². The van der Waals surface area contributed by atoms with E-state index in [-0.39, 0.29) is 30.0 Å². The van der Waals surface area contributed by atoms with Crippen LogP contribution in [0, 0.1) is 6.92 Å². The fourth-order valence-corrected chi connectivity index (χ4v) is 5.05. The van der Waals surface area contributed by atoms with E-state index in [1.54, 1.807) is 11.0 Å². The maximum absolute atomic E-state index is 14.2. The Kier molecular flexibility index (Phi) is 9.07. The van der Waals surface area contributed by atoms with Gasteiger partial charge in [-0.1, -0.05) is 67.1 Å². The summed E-state index contributed by atoms with van der Waals surface area (Å²) in [5.74, 6) is -0.894. The van der Waals surface area contributed by atoms with Crippen LogP contribution >= 0.6 is 0 Å². The Morgan fingerprint density at radius 3 is 2.49 bits per heavy atom. The van der Waals surface area contributed by atoms with Crippen molar-refractivity contribution in [2.45, 2.75) is 44.9 Å². The van der Waals surface area contributed by atoms with E-state index in [4.69, 9.17) is 4.74 Å². The van der Waals surface area contributed by atoms with Gasteiger partial charge in [0.15, 0.2) is 0 Å². The molecule has 1 atom stereocenters. The summed E-state index contributed by atoms with van der Waals surface area (Å²) in [5.41, 5.74) is 2.88. The number of hydrogen-bond donors (Lipinski definition) is 1. The molecule has 1 N–H and O–H groups in total. The van der Waals surface area contributed by atoms with Crippen LogP contribution in [0.5, 0.6) is 5.75 Å². The average Bonchev–Trinajstić information content (AvgIpc) is 2.92. The fourth-order valence-electron chi connectivity index (χ4n) is 5.05. The van der Waals surface area contributed by atoms with Crippen molar-refractivity contribution in [2.75, 3.05) is 19.8 Å². The Morgan fingerprint density at radius 2 is 1.79 bits per heavy atom. The largest absolute Gasteiger partial charge is 0.491 e. The SMILES string of the molecule is Cc1c(/C=C/c2cc(OCCF)c(CN3CCCC[C@H]3C(=O)O)cc2C(F)(F)F)cccc1-c1ccccc1. The van der Waals surface area contributed by atoms with Crippen molar-refractivity contribution < 1.29 is 32.2 Å². The lowest BCUT2D eigenvalue weighted by Gasteiger charge is -2.33. The van der Waals surface area contributed by atoms with Crippen LogP contribution in [0.15, 0.2) is 60.7 Å². The number of alkyl halides is 4. The highest BCUT2D eigenvalue weighted by Gasteiger charge is 2.35. The molecule has 4 rings (SSSR count). The highest BCUT2D eigenvalue weighted by atomic mass is 19.4. The van der Waals surface area contributed by atoms with Crippen LogP contribution in [0.3, 0.4) is 0 Å². The molecule has 1 fully saturated rings. The molecule has 3 aromatic carbocycles. The smallest absolute Gasteiger partial charge is 0.417 e. The molecule has 4 nitrogen and oxygen atoms in total. The van der Waals surface area contributed by atoms with E-state index in [2.05, 4.69) is 0 Å². The molecule has 0 bridgehead atoms. The molecule has 1 aliphatic heterocycles. The number of likely N-dealkylation sites (tertiary alicyclic amines) is 1. The Hall–Kier alpha value is -3.65. The van der Waals surface area contributed by atoms with Crippen LogP contribution in [-0.4, -0.2) is 41.8 Å². The van der Waals surface area contributed by atoms with Gasteiger partial charge in [0.05, 0.1) is 5.56 Å². The quantitative estimate of drug-likeness (QED) is 0.223. The molecular weight excluding hydrogens is 510 g/mol. The topological polar surface area (TPSA) is 49.8 Å². The van der Waals surface area contributed by atoms with Gasteiger partial charge in [0.1, 0.15) is 25.1 Å². The van der Waals surface area contributed by atoms with Crippen LogP contribution in [0.25, 0.3) is 23.3 Å². The van der Waals surface area contributed by atoms with Gasteiger partial charge in [0.2, 0.25) is 0 Å². The van der Waals surface area contributed by atoms with E-state index >= 15 is 0 Å². The number of halogens is 4. The summed E-state index contributed by atoms with van der Waals surface area (Å²) < 4.78 is 61.3. The number of ether oxygens (including phenoxy) is 1. The zero-order valence-corrected chi connectivity index (χ0v) is 21.7. The van der Waals surface area contributed by atoms with Crippen LogP contribution in [0.4, 0.5) is 17.6 Å². The highest BCUT2D eigenvalue weighted by Crippen LogP contribution is 2.38. The maximum atomic E-state index is 14.2. The zero-order valence-electron chi connectivity index (χ0n) is 21.7. The molecule has 0 amide bonds. The van der Waals surface area contributed by atoms with Crippen molar-refractivity contribution in [2.24, 2.45) is 0 Å². The van der Waals surface area contributed by atoms with Crippen molar-refractivity contribution in [1.82, 2.24) is 4.90 Å². The summed E-state index contributed by atoms with van der Waals surface area (Å²) in [6.45, 7) is 1.20. The average molecular weight is 542 g/mol. The van der Waals surface area contributed by atoms with E-state index in [0.717, 1.165) is 41.2 Å². The van der Waals surface area contributed by atoms with Gasteiger partial charge >= 0.3 is 12.1 Å². The summed E-state index contributed by atoms with van der Waals surface area (Å²) >= 11 is 0. The standard InChI is InChI=1S/C31H31F4NO3/c1-21-22(10-7-11-26(21)23-8-3-2-4-9-23)13-14-24-19-29(39-17-15-32)25(18-27(24)31(33,34)35)20-36-16-6-5-12-28(36)30(37)38/h2-4,7-11,13-14,18-19,28H,5-6,12,15-17,20H2,1H3,(H,37,38)/b14-13+/t28-/m0/s1. The second kappa shape index (κ2) is 12.5. The van der Waals surface area contributed by atoms with Gasteiger partial charge in [-0.2, -0.15) is 13.2 Å². The fraction of sp³-hybridized carbons (Fsp3) is 0.323. The Labute approximate surface area is 225 Å². The minimum Gasteiger partial charge on any atom is -0.491 e. The van der Waals surface area contributed by atoms with Crippen LogP contribution in [0.2, 0.25) is 0 Å². The number of nitrogens with zero attached hydrogens (tertiary/aromatic N) is 1. The van der Waals surface area contributed by atoms with Crippen LogP contribution in [-0.2, 0) is 17.5 Å². The number of rotatable bonds is 9. The third-order valence-electron chi connectivity index (χ3n) is 7.05. The van der Waals surface area contributed by atoms with E-state index in [9.17, 15) is 27.5 Å². The van der Waals surface area contributed by atoms with Gasteiger partial charge in [-0.05, 0) is 66.3 Å². The molecular formula is C31H31F4NO3. The Balaban J connectivity index is 1.74. The molecule has 0 aromatic heterocycles. The lowest BCUT2D eigenvalue weighted by atomic mass is 9.95. The molecule has 1 saturated heterocycles. The summed E-state index contributed by atoms with van der Waals surface area (Å²) in [7, 11) is 0. The number of aliphatic carboxylic acids is 1. The summed E-state index contributed by atoms with van der Waals surface area (Å²) in [4.78, 5) is 13.4. The second-order valence-electron chi connectivity index (χ2n) is 9.62. The van der Waals surface area contributed by atoms with Crippen LogP contribution < -0.4 is 4.74 Å². The van der Waals surface area contributed by atoms with Gasteiger partial charge < -0.3 is 9.84 Å². The molecule has 1 aliphatic rings. The number of benzene rings is 3. The molecule has 0 saturated carbocycles. The minimum absolute atomic E-state index is 0.0378.